The first-order chi connectivity index (χ1) is 6.89. The smallest absolute Gasteiger partial charge is 0.292 e. The molecule has 0 spiro atoms. The first kappa shape index (κ1) is 10.4. The average Bonchev–Trinajstić information content (AvgIpc) is 2.45. The maximum Gasteiger partial charge on any atom is 0.416 e. The van der Waals surface area contributed by atoms with Gasteiger partial charge in [0.1, 0.15) is 10.8 Å². The van der Waals surface area contributed by atoms with Gasteiger partial charge in [0.15, 0.2) is 5.78 Å². The molecule has 80 valence electrons. The molecule has 0 radical (unpaired) electrons. The minimum absolute atomic E-state index is 0.0306. The molecule has 1 aliphatic rings. The van der Waals surface area contributed by atoms with Gasteiger partial charge in [-0.05, 0) is 18.1 Å². The number of ketones is 1. The van der Waals surface area contributed by atoms with E-state index < -0.39 is 11.7 Å². The zero-order valence-corrected chi connectivity index (χ0v) is 8.11. The first-order valence-corrected chi connectivity index (χ1v) is 4.57. The third-order valence-electron chi connectivity index (χ3n) is 2.26. The molecular formula is C9H5ClF3NO. The van der Waals surface area contributed by atoms with Gasteiger partial charge in [-0.2, -0.15) is 13.2 Å². The van der Waals surface area contributed by atoms with Gasteiger partial charge in [0, 0.05) is 6.42 Å². The Morgan fingerprint density at radius 1 is 1.33 bits per heavy atom. The summed E-state index contributed by atoms with van der Waals surface area (Å²) in [7, 11) is 0. The fraction of sp³-hybridized carbons (Fsp3) is 0.333. The molecule has 2 rings (SSSR count). The number of halogens is 4. The Hall–Kier alpha value is -1.10. The number of nitrogens with zero attached hydrogens (tertiary/aromatic N) is 1. The number of carbonyl (C=O) groups excluding carboxylic acids is 1. The lowest BCUT2D eigenvalue weighted by atomic mass is 10.1. The zero-order valence-electron chi connectivity index (χ0n) is 7.36. The van der Waals surface area contributed by atoms with Gasteiger partial charge in [-0.1, -0.05) is 11.6 Å². The molecule has 0 aliphatic heterocycles. The first-order valence-electron chi connectivity index (χ1n) is 4.19. The van der Waals surface area contributed by atoms with Crippen molar-refractivity contribution in [2.75, 3.05) is 0 Å². The second-order valence-electron chi connectivity index (χ2n) is 3.24. The molecule has 0 bridgehead atoms. The normalized spacial score (nSPS) is 15.6. The predicted octanol–water partition coefficient (Wildman–Crippen LogP) is 2.88. The van der Waals surface area contributed by atoms with Crippen molar-refractivity contribution in [1.29, 1.82) is 0 Å². The number of aromatic nitrogens is 1. The van der Waals surface area contributed by atoms with E-state index in [1.807, 2.05) is 0 Å². The number of pyridine rings is 1. The van der Waals surface area contributed by atoms with Crippen molar-refractivity contribution in [2.45, 2.75) is 19.0 Å². The van der Waals surface area contributed by atoms with Crippen LogP contribution in [-0.2, 0) is 12.6 Å². The summed E-state index contributed by atoms with van der Waals surface area (Å²) >= 11 is 5.44. The number of Topliss-reactive ketones (excluding diaryl/α,β-unsaturated/α-hetero) is 1. The van der Waals surface area contributed by atoms with Crippen molar-refractivity contribution < 1.29 is 18.0 Å². The molecule has 1 heterocycles. The highest BCUT2D eigenvalue weighted by Crippen LogP contribution is 2.37. The van der Waals surface area contributed by atoms with Crippen molar-refractivity contribution in [3.05, 3.63) is 28.0 Å². The van der Waals surface area contributed by atoms with Crippen molar-refractivity contribution in [1.82, 2.24) is 4.98 Å². The van der Waals surface area contributed by atoms with Gasteiger partial charge in [-0.3, -0.25) is 4.79 Å². The lowest BCUT2D eigenvalue weighted by Gasteiger charge is -2.11. The van der Waals surface area contributed by atoms with E-state index in [1.54, 1.807) is 0 Å². The number of fused-ring (bicyclic) bond motifs is 1. The van der Waals surface area contributed by atoms with Gasteiger partial charge >= 0.3 is 6.18 Å². The van der Waals surface area contributed by atoms with E-state index in [-0.39, 0.29) is 35.0 Å². The van der Waals surface area contributed by atoms with Crippen LogP contribution in [0.3, 0.4) is 0 Å². The van der Waals surface area contributed by atoms with Crippen molar-refractivity contribution in [2.24, 2.45) is 0 Å². The Morgan fingerprint density at radius 2 is 2.00 bits per heavy atom. The predicted molar refractivity (Wildman–Crippen MR) is 46.9 cm³/mol. The highest BCUT2D eigenvalue weighted by molar-refractivity contribution is 6.29. The SMILES string of the molecule is O=C1CCc2c(C(F)(F)F)cc(Cl)nc21. The van der Waals surface area contributed by atoms with Crippen LogP contribution < -0.4 is 0 Å². The highest BCUT2D eigenvalue weighted by Gasteiger charge is 2.38. The molecule has 1 aliphatic carbocycles. The Balaban J connectivity index is 2.67. The number of rotatable bonds is 0. The molecule has 0 saturated carbocycles. The fourth-order valence-corrected chi connectivity index (χ4v) is 1.83. The molecule has 15 heavy (non-hydrogen) atoms. The Kier molecular flexibility index (Phi) is 2.22. The van der Waals surface area contributed by atoms with E-state index >= 15 is 0 Å². The highest BCUT2D eigenvalue weighted by atomic mass is 35.5. The molecule has 2 nitrogen and oxygen atoms in total. The van der Waals surface area contributed by atoms with Crippen LogP contribution in [0, 0.1) is 0 Å². The van der Waals surface area contributed by atoms with Crippen LogP contribution in [0.1, 0.15) is 28.0 Å². The van der Waals surface area contributed by atoms with Gasteiger partial charge in [0.25, 0.3) is 0 Å². The largest absolute Gasteiger partial charge is 0.416 e. The molecule has 1 aromatic heterocycles. The molecule has 0 unspecified atom stereocenters. The third kappa shape index (κ3) is 1.71. The van der Waals surface area contributed by atoms with Crippen LogP contribution in [0.4, 0.5) is 13.2 Å². The van der Waals surface area contributed by atoms with Gasteiger partial charge in [-0.25, -0.2) is 4.98 Å². The number of alkyl halides is 3. The Labute approximate surface area is 88.1 Å². The van der Waals surface area contributed by atoms with Crippen LogP contribution in [0.25, 0.3) is 0 Å². The van der Waals surface area contributed by atoms with E-state index in [4.69, 9.17) is 11.6 Å². The molecular weight excluding hydrogens is 231 g/mol. The maximum absolute atomic E-state index is 12.6. The summed E-state index contributed by atoms with van der Waals surface area (Å²) in [4.78, 5) is 14.8. The Morgan fingerprint density at radius 3 is 2.60 bits per heavy atom. The lowest BCUT2D eigenvalue weighted by molar-refractivity contribution is -0.138. The molecule has 0 N–H and O–H groups in total. The number of hydrogen-bond donors (Lipinski definition) is 0. The molecule has 1 aromatic rings. The van der Waals surface area contributed by atoms with Crippen molar-refractivity contribution in [3.63, 3.8) is 0 Å². The van der Waals surface area contributed by atoms with Gasteiger partial charge < -0.3 is 0 Å². The zero-order chi connectivity index (χ0) is 11.2. The molecule has 0 aromatic carbocycles. The molecule has 0 amide bonds. The lowest BCUT2D eigenvalue weighted by Crippen LogP contribution is -2.10. The standard InChI is InChI=1S/C9H5ClF3NO/c10-7-3-5(9(11,12)13)4-1-2-6(15)8(4)14-7/h3H,1-2H2. The van der Waals surface area contributed by atoms with Crippen LogP contribution in [-0.4, -0.2) is 10.8 Å². The van der Waals surface area contributed by atoms with Crippen LogP contribution >= 0.6 is 11.6 Å². The van der Waals surface area contributed by atoms with E-state index in [0.717, 1.165) is 6.07 Å². The summed E-state index contributed by atoms with van der Waals surface area (Å²) < 4.78 is 37.7. The van der Waals surface area contributed by atoms with E-state index in [9.17, 15) is 18.0 Å². The molecule has 0 atom stereocenters. The second kappa shape index (κ2) is 3.20. The van der Waals surface area contributed by atoms with Crippen LogP contribution in [0.15, 0.2) is 6.07 Å². The van der Waals surface area contributed by atoms with Crippen molar-refractivity contribution in [3.8, 4) is 0 Å². The second-order valence-corrected chi connectivity index (χ2v) is 3.63. The van der Waals surface area contributed by atoms with E-state index in [2.05, 4.69) is 4.98 Å². The summed E-state index contributed by atoms with van der Waals surface area (Å²) in [6, 6.07) is 0.763. The molecule has 0 fully saturated rings. The molecule has 6 heteroatoms. The van der Waals surface area contributed by atoms with E-state index in [0.29, 0.717) is 0 Å². The monoisotopic (exact) mass is 235 g/mol. The summed E-state index contributed by atoms with van der Waals surface area (Å²) in [6.07, 6.45) is -4.32. The summed E-state index contributed by atoms with van der Waals surface area (Å²) in [5.74, 6) is -0.377. The topological polar surface area (TPSA) is 30.0 Å². The van der Waals surface area contributed by atoms with Gasteiger partial charge in [-0.15, -0.1) is 0 Å². The minimum Gasteiger partial charge on any atom is -0.292 e. The summed E-state index contributed by atoms with van der Waals surface area (Å²) in [6.45, 7) is 0. The van der Waals surface area contributed by atoms with Crippen LogP contribution in [0.5, 0.6) is 0 Å². The van der Waals surface area contributed by atoms with Crippen molar-refractivity contribution >= 4 is 17.4 Å². The summed E-state index contributed by atoms with van der Waals surface area (Å²) in [5, 5.41) is -0.295. The van der Waals surface area contributed by atoms with E-state index in [1.165, 1.54) is 0 Å². The number of hydrogen-bond acceptors (Lipinski definition) is 2. The quantitative estimate of drug-likeness (QED) is 0.647. The summed E-state index contributed by atoms with van der Waals surface area (Å²) in [5.41, 5.74) is -1.00. The minimum atomic E-state index is -4.48. The average molecular weight is 236 g/mol. The Bertz CT molecular complexity index is 442. The van der Waals surface area contributed by atoms with Crippen LogP contribution in [0.2, 0.25) is 5.15 Å². The van der Waals surface area contributed by atoms with Gasteiger partial charge in [0.2, 0.25) is 0 Å². The number of carbonyl (C=O) groups is 1. The maximum atomic E-state index is 12.6. The third-order valence-corrected chi connectivity index (χ3v) is 2.46. The fourth-order valence-electron chi connectivity index (χ4n) is 1.63. The van der Waals surface area contributed by atoms with Gasteiger partial charge in [0.05, 0.1) is 5.56 Å². The molecule has 0 saturated heterocycles.